The second-order valence-electron chi connectivity index (χ2n) is 9.28. The summed E-state index contributed by atoms with van der Waals surface area (Å²) in [4.78, 5) is 17.7. The summed E-state index contributed by atoms with van der Waals surface area (Å²) in [5.41, 5.74) is 1.70. The number of benzene rings is 2. The topological polar surface area (TPSA) is 75.1 Å². The average molecular weight is 606 g/mol. The monoisotopic (exact) mass is 604 g/mol. The van der Waals surface area contributed by atoms with Gasteiger partial charge in [0.15, 0.2) is 0 Å². The van der Waals surface area contributed by atoms with Crippen molar-refractivity contribution < 1.29 is 22.3 Å². The molecule has 1 fully saturated rings. The zero-order valence-corrected chi connectivity index (χ0v) is 24.2. The Hall–Kier alpha value is -2.24. The maximum absolute atomic E-state index is 14.1. The number of carbonyl (C=O) groups excluding carboxylic acids is 1. The maximum Gasteiger partial charge on any atom is 0.274 e. The summed E-state index contributed by atoms with van der Waals surface area (Å²) in [6, 6.07) is 8.72. The highest BCUT2D eigenvalue weighted by Gasteiger charge is 2.37. The molecule has 1 aliphatic rings. The number of hydrogen-bond donors (Lipinski definition) is 0. The van der Waals surface area contributed by atoms with Crippen LogP contribution in [0, 0.1) is 5.82 Å². The van der Waals surface area contributed by atoms with E-state index in [0.717, 1.165) is 5.56 Å². The lowest BCUT2D eigenvalue weighted by atomic mass is 10.1. The van der Waals surface area contributed by atoms with Gasteiger partial charge in [-0.1, -0.05) is 34.8 Å². The van der Waals surface area contributed by atoms with Crippen LogP contribution < -0.4 is 9.64 Å². The zero-order chi connectivity index (χ0) is 27.8. The highest BCUT2D eigenvalue weighted by atomic mass is 35.6. The molecule has 0 bridgehead atoms. The van der Waals surface area contributed by atoms with Gasteiger partial charge in [-0.3, -0.25) is 4.79 Å². The second-order valence-corrected chi connectivity index (χ2v) is 13.4. The lowest BCUT2D eigenvalue weighted by Gasteiger charge is -2.37. The van der Waals surface area contributed by atoms with Crippen molar-refractivity contribution in [1.29, 1.82) is 0 Å². The van der Waals surface area contributed by atoms with E-state index in [9.17, 15) is 17.6 Å². The maximum atomic E-state index is 14.1. The predicted octanol–water partition coefficient (Wildman–Crippen LogP) is 4.15. The van der Waals surface area contributed by atoms with Crippen molar-refractivity contribution in [3.8, 4) is 5.75 Å². The van der Waals surface area contributed by atoms with Crippen molar-refractivity contribution in [1.82, 2.24) is 13.8 Å². The van der Waals surface area contributed by atoms with Crippen LogP contribution in [0.1, 0.15) is 5.56 Å². The van der Waals surface area contributed by atoms with Crippen LogP contribution in [-0.2, 0) is 21.2 Å². The molecule has 0 aliphatic carbocycles. The van der Waals surface area contributed by atoms with Gasteiger partial charge in [0, 0.05) is 44.3 Å². The Bertz CT molecular complexity index is 1450. The number of rotatable bonds is 7. The molecule has 0 radical (unpaired) electrons. The molecule has 1 amide bonds. The average Bonchev–Trinajstić information content (AvgIpc) is 3.24. The van der Waals surface area contributed by atoms with Crippen LogP contribution in [0.25, 0.3) is 10.9 Å². The van der Waals surface area contributed by atoms with Crippen molar-refractivity contribution in [3.63, 3.8) is 0 Å². The van der Waals surface area contributed by atoms with E-state index in [-0.39, 0.29) is 18.0 Å². The fourth-order valence-corrected chi connectivity index (χ4v) is 6.27. The zero-order valence-electron chi connectivity index (χ0n) is 21.1. The summed E-state index contributed by atoms with van der Waals surface area (Å²) in [5, 5.41) is 0.555. The van der Waals surface area contributed by atoms with E-state index in [1.807, 2.05) is 23.9 Å². The quantitative estimate of drug-likeness (QED) is 0.377. The number of methoxy groups -OCH3 is 1. The minimum absolute atomic E-state index is 0.0495. The molecule has 0 N–H and O–H groups in total. The molecule has 38 heavy (non-hydrogen) atoms. The number of alkyl halides is 3. The Morgan fingerprint density at radius 2 is 1.76 bits per heavy atom. The van der Waals surface area contributed by atoms with Crippen LogP contribution in [0.5, 0.6) is 5.75 Å². The van der Waals surface area contributed by atoms with E-state index in [1.165, 1.54) is 40.2 Å². The number of fused-ring (bicyclic) bond motifs is 1. The van der Waals surface area contributed by atoms with Crippen LogP contribution in [0.2, 0.25) is 0 Å². The molecule has 0 atom stereocenters. The summed E-state index contributed by atoms with van der Waals surface area (Å²) in [6.45, 7) is 2.01. The Labute approximate surface area is 236 Å². The summed E-state index contributed by atoms with van der Waals surface area (Å²) in [7, 11) is 1.29. The number of halogens is 4. The molecule has 0 unspecified atom stereocenters. The molecule has 0 saturated carbocycles. The first-order chi connectivity index (χ1) is 17.8. The predicted molar refractivity (Wildman–Crippen MR) is 149 cm³/mol. The number of ether oxygens (including phenoxy) is 1. The second kappa shape index (κ2) is 11.1. The number of amides is 1. The van der Waals surface area contributed by atoms with E-state index in [1.54, 1.807) is 18.3 Å². The number of likely N-dealkylation sites (N-methyl/N-ethyl adjacent to an activating group) is 1. The van der Waals surface area contributed by atoms with Crippen molar-refractivity contribution >= 4 is 67.3 Å². The number of piperazine rings is 1. The van der Waals surface area contributed by atoms with E-state index in [2.05, 4.69) is 0 Å². The standard InChI is InChI=1S/C25H28Cl3FN4O4S/c1-30(2)9-8-17-16-33(21-6-4-18(29)14-20(17)21)38(35,36)19-5-7-23(37-3)22(15-19)31-10-12-32(13-11-31)24(34)25(26,27)28/h4-7,14-16H,8-13H2,1-3H3. The Kier molecular flexibility index (Phi) is 8.40. The molecule has 4 rings (SSSR count). The van der Waals surface area contributed by atoms with Gasteiger partial charge in [0.05, 0.1) is 23.2 Å². The molecular formula is C25H28Cl3FN4O4S. The van der Waals surface area contributed by atoms with Gasteiger partial charge in [0.2, 0.25) is 0 Å². The molecule has 2 heterocycles. The van der Waals surface area contributed by atoms with Crippen molar-refractivity contribution in [2.45, 2.75) is 15.1 Å². The molecule has 1 saturated heterocycles. The van der Waals surface area contributed by atoms with E-state index in [4.69, 9.17) is 39.5 Å². The number of carbonyl (C=O) groups is 1. The molecule has 3 aromatic rings. The molecule has 1 aliphatic heterocycles. The van der Waals surface area contributed by atoms with Crippen LogP contribution >= 0.6 is 34.8 Å². The summed E-state index contributed by atoms with van der Waals surface area (Å²) in [6.07, 6.45) is 2.12. The number of hydrogen-bond acceptors (Lipinski definition) is 6. The van der Waals surface area contributed by atoms with Crippen molar-refractivity contribution in [2.75, 3.05) is 58.8 Å². The number of aromatic nitrogens is 1. The molecule has 0 spiro atoms. The van der Waals surface area contributed by atoms with E-state index < -0.39 is 25.5 Å². The lowest BCUT2D eigenvalue weighted by molar-refractivity contribution is -0.130. The Balaban J connectivity index is 1.69. The van der Waals surface area contributed by atoms with Crippen LogP contribution in [0.15, 0.2) is 47.5 Å². The SMILES string of the molecule is COc1ccc(S(=O)(=O)n2cc(CCN(C)C)c3cc(F)ccc32)cc1N1CCN(C(=O)C(Cl)(Cl)Cl)CC1. The first kappa shape index (κ1) is 28.8. The molecular weight excluding hydrogens is 578 g/mol. The lowest BCUT2D eigenvalue weighted by Crippen LogP contribution is -2.51. The van der Waals surface area contributed by atoms with Gasteiger partial charge in [-0.05, 0) is 62.5 Å². The third-order valence-electron chi connectivity index (χ3n) is 6.50. The van der Waals surface area contributed by atoms with Gasteiger partial charge in [-0.2, -0.15) is 0 Å². The summed E-state index contributed by atoms with van der Waals surface area (Å²) in [5.74, 6) is -0.555. The molecule has 8 nitrogen and oxygen atoms in total. The third kappa shape index (κ3) is 5.84. The van der Waals surface area contributed by atoms with Crippen molar-refractivity contribution in [3.05, 3.63) is 54.0 Å². The fraction of sp³-hybridized carbons (Fsp3) is 0.400. The van der Waals surface area contributed by atoms with Crippen LogP contribution in [0.4, 0.5) is 10.1 Å². The van der Waals surface area contributed by atoms with Crippen LogP contribution in [-0.4, -0.2) is 85.8 Å². The third-order valence-corrected chi connectivity index (χ3v) is 8.66. The normalized spacial score (nSPS) is 14.9. The minimum atomic E-state index is -4.04. The molecule has 206 valence electrons. The number of anilines is 1. The largest absolute Gasteiger partial charge is 0.495 e. The van der Waals surface area contributed by atoms with Gasteiger partial charge in [0.25, 0.3) is 19.7 Å². The van der Waals surface area contributed by atoms with Gasteiger partial charge < -0.3 is 19.4 Å². The van der Waals surface area contributed by atoms with E-state index in [0.29, 0.717) is 48.4 Å². The molecule has 1 aromatic heterocycles. The smallest absolute Gasteiger partial charge is 0.274 e. The van der Waals surface area contributed by atoms with E-state index >= 15 is 0 Å². The van der Waals surface area contributed by atoms with Gasteiger partial charge >= 0.3 is 0 Å². The summed E-state index contributed by atoms with van der Waals surface area (Å²) < 4.78 is 46.5. The highest BCUT2D eigenvalue weighted by Crippen LogP contribution is 2.35. The van der Waals surface area contributed by atoms with Crippen molar-refractivity contribution in [2.24, 2.45) is 0 Å². The highest BCUT2D eigenvalue weighted by molar-refractivity contribution is 7.90. The number of nitrogens with zero attached hydrogens (tertiary/aromatic N) is 4. The summed E-state index contributed by atoms with van der Waals surface area (Å²) >= 11 is 17.2. The first-order valence-corrected chi connectivity index (χ1v) is 14.4. The van der Waals surface area contributed by atoms with Gasteiger partial charge in [-0.25, -0.2) is 16.8 Å². The van der Waals surface area contributed by atoms with Crippen LogP contribution in [0.3, 0.4) is 0 Å². The fourth-order valence-electron chi connectivity index (χ4n) is 4.50. The Morgan fingerprint density at radius 1 is 1.08 bits per heavy atom. The Morgan fingerprint density at radius 3 is 2.37 bits per heavy atom. The minimum Gasteiger partial charge on any atom is -0.495 e. The van der Waals surface area contributed by atoms with Gasteiger partial charge in [-0.15, -0.1) is 0 Å². The molecule has 13 heteroatoms. The molecule has 2 aromatic carbocycles. The van der Waals surface area contributed by atoms with Gasteiger partial charge in [0.1, 0.15) is 11.6 Å². The first-order valence-electron chi connectivity index (χ1n) is 11.8.